The molecule has 0 aliphatic rings. The lowest BCUT2D eigenvalue weighted by atomic mass is 10.0. The number of carbonyl (C=O) groups excluding carboxylic acids is 1. The minimum Gasteiger partial charge on any atom is -0.297 e. The minimum absolute atomic E-state index is 0.0419. The number of nitrogens with zero attached hydrogens (tertiary/aromatic N) is 1. The van der Waals surface area contributed by atoms with Crippen LogP contribution in [0.2, 0.25) is 0 Å². The summed E-state index contributed by atoms with van der Waals surface area (Å²) >= 11 is 1.19. The Morgan fingerprint density at radius 1 is 1.08 bits per heavy atom. The molecule has 0 N–H and O–H groups in total. The highest BCUT2D eigenvalue weighted by atomic mass is 32.1. The molecule has 5 heteroatoms. The molecule has 1 aromatic heterocycles. The number of hydrogen-bond donors (Lipinski definition) is 0. The fourth-order valence-corrected chi connectivity index (χ4v) is 3.94. The van der Waals surface area contributed by atoms with Crippen molar-refractivity contribution in [1.29, 1.82) is 0 Å². The molecule has 0 amide bonds. The maximum atomic E-state index is 11.7. The van der Waals surface area contributed by atoms with E-state index in [1.165, 1.54) is 11.3 Å². The van der Waals surface area contributed by atoms with Crippen molar-refractivity contribution in [3.8, 4) is 10.4 Å². The van der Waals surface area contributed by atoms with Gasteiger partial charge in [0.05, 0.1) is 15.4 Å². The topological polar surface area (TPSA) is 60.2 Å². The lowest BCUT2D eigenvalue weighted by Gasteiger charge is -2.04. The van der Waals surface area contributed by atoms with Crippen molar-refractivity contribution in [2.45, 2.75) is 13.3 Å². The van der Waals surface area contributed by atoms with E-state index in [0.29, 0.717) is 21.7 Å². The van der Waals surface area contributed by atoms with E-state index in [9.17, 15) is 14.9 Å². The van der Waals surface area contributed by atoms with Gasteiger partial charge in [-0.15, -0.1) is 11.3 Å². The number of rotatable bonds is 5. The van der Waals surface area contributed by atoms with E-state index in [0.717, 1.165) is 23.0 Å². The fraction of sp³-hybridized carbons (Fsp3) is 0.105. The summed E-state index contributed by atoms with van der Waals surface area (Å²) in [4.78, 5) is 23.8. The summed E-state index contributed by atoms with van der Waals surface area (Å²) in [5, 5.41) is 11.7. The third kappa shape index (κ3) is 2.98. The summed E-state index contributed by atoms with van der Waals surface area (Å²) in [5.74, 6) is 0. The Bertz CT molecular complexity index is 900. The summed E-state index contributed by atoms with van der Waals surface area (Å²) in [5.41, 5.74) is 3.23. The van der Waals surface area contributed by atoms with Gasteiger partial charge in [-0.3, -0.25) is 14.9 Å². The maximum Gasteiger partial charge on any atom is 0.292 e. The highest BCUT2D eigenvalue weighted by Gasteiger charge is 2.28. The molecule has 1 heterocycles. The van der Waals surface area contributed by atoms with Gasteiger partial charge < -0.3 is 0 Å². The van der Waals surface area contributed by atoms with E-state index < -0.39 is 0 Å². The van der Waals surface area contributed by atoms with Crippen LogP contribution in [0, 0.1) is 17.0 Å². The van der Waals surface area contributed by atoms with Crippen LogP contribution in [0.15, 0.2) is 54.6 Å². The van der Waals surface area contributed by atoms with E-state index >= 15 is 0 Å². The third-order valence-electron chi connectivity index (χ3n) is 3.91. The molecule has 0 bridgehead atoms. The van der Waals surface area contributed by atoms with E-state index in [1.807, 2.05) is 61.5 Å². The van der Waals surface area contributed by atoms with Crippen molar-refractivity contribution in [3.05, 3.63) is 86.3 Å². The molecule has 120 valence electrons. The van der Waals surface area contributed by atoms with Gasteiger partial charge >= 0.3 is 0 Å². The Hall–Kier alpha value is -2.79. The van der Waals surface area contributed by atoms with Crippen LogP contribution in [-0.4, -0.2) is 11.2 Å². The molecule has 0 atom stereocenters. The fourth-order valence-electron chi connectivity index (χ4n) is 2.74. The van der Waals surface area contributed by atoms with E-state index in [2.05, 4.69) is 0 Å². The first-order valence-corrected chi connectivity index (χ1v) is 8.28. The first-order valence-electron chi connectivity index (χ1n) is 7.47. The Morgan fingerprint density at radius 3 is 2.38 bits per heavy atom. The van der Waals surface area contributed by atoms with Crippen molar-refractivity contribution in [1.82, 2.24) is 0 Å². The van der Waals surface area contributed by atoms with E-state index in [4.69, 9.17) is 0 Å². The van der Waals surface area contributed by atoms with Crippen LogP contribution < -0.4 is 0 Å². The SMILES string of the molecule is Cc1ccccc1-c1sc(C=O)c(Cc2ccccc2)c1[N+](=O)[O-]. The van der Waals surface area contributed by atoms with Crippen LogP contribution in [0.5, 0.6) is 0 Å². The van der Waals surface area contributed by atoms with Gasteiger partial charge in [0, 0.05) is 12.0 Å². The number of thiophene rings is 1. The van der Waals surface area contributed by atoms with Crippen molar-refractivity contribution in [3.63, 3.8) is 0 Å². The molecule has 0 spiro atoms. The zero-order valence-corrected chi connectivity index (χ0v) is 13.9. The first-order chi connectivity index (χ1) is 11.6. The standard InChI is InChI=1S/C19H15NO3S/c1-13-7-5-6-10-15(13)19-18(20(22)23)16(17(12-21)24-19)11-14-8-3-2-4-9-14/h2-10,12H,11H2,1H3. The van der Waals surface area contributed by atoms with Crippen molar-refractivity contribution < 1.29 is 9.72 Å². The Labute approximate surface area is 143 Å². The van der Waals surface area contributed by atoms with Gasteiger partial charge in [0.15, 0.2) is 6.29 Å². The molecule has 0 unspecified atom stereocenters. The Kier molecular flexibility index (Phi) is 4.53. The molecule has 0 aliphatic heterocycles. The van der Waals surface area contributed by atoms with E-state index in [-0.39, 0.29) is 10.6 Å². The summed E-state index contributed by atoms with van der Waals surface area (Å²) in [6.45, 7) is 1.91. The van der Waals surface area contributed by atoms with Crippen LogP contribution in [0.25, 0.3) is 10.4 Å². The Balaban J connectivity index is 2.20. The molecule has 0 saturated carbocycles. The van der Waals surface area contributed by atoms with Gasteiger partial charge in [-0.05, 0) is 18.1 Å². The van der Waals surface area contributed by atoms with Crippen LogP contribution in [0.4, 0.5) is 5.69 Å². The first kappa shape index (κ1) is 16.1. The molecular weight excluding hydrogens is 322 g/mol. The average molecular weight is 337 g/mol. The summed E-state index contributed by atoms with van der Waals surface area (Å²) in [6, 6.07) is 17.0. The average Bonchev–Trinajstić information content (AvgIpc) is 2.94. The molecule has 4 nitrogen and oxygen atoms in total. The van der Waals surface area contributed by atoms with Gasteiger partial charge in [0.2, 0.25) is 0 Å². The van der Waals surface area contributed by atoms with Crippen LogP contribution in [-0.2, 0) is 6.42 Å². The third-order valence-corrected chi connectivity index (χ3v) is 5.09. The molecule has 0 radical (unpaired) electrons. The number of nitro groups is 1. The zero-order valence-electron chi connectivity index (χ0n) is 13.1. The van der Waals surface area contributed by atoms with Gasteiger partial charge in [-0.1, -0.05) is 54.6 Å². The van der Waals surface area contributed by atoms with Crippen molar-refractivity contribution in [2.75, 3.05) is 0 Å². The molecule has 0 aliphatic carbocycles. The molecule has 24 heavy (non-hydrogen) atoms. The summed E-state index contributed by atoms with van der Waals surface area (Å²) in [7, 11) is 0. The summed E-state index contributed by atoms with van der Waals surface area (Å²) < 4.78 is 0. The van der Waals surface area contributed by atoms with Gasteiger partial charge in [0.25, 0.3) is 5.69 Å². The number of hydrogen-bond acceptors (Lipinski definition) is 4. The smallest absolute Gasteiger partial charge is 0.292 e. The van der Waals surface area contributed by atoms with Crippen molar-refractivity contribution >= 4 is 23.3 Å². The number of aryl methyl sites for hydroxylation is 1. The zero-order chi connectivity index (χ0) is 17.1. The number of aldehydes is 1. The van der Waals surface area contributed by atoms with Crippen LogP contribution in [0.1, 0.15) is 26.4 Å². The summed E-state index contributed by atoms with van der Waals surface area (Å²) in [6.07, 6.45) is 1.09. The largest absolute Gasteiger partial charge is 0.297 e. The van der Waals surface area contributed by atoms with Gasteiger partial charge in [-0.25, -0.2) is 0 Å². The predicted octanol–water partition coefficient (Wildman–Crippen LogP) is 5.04. The van der Waals surface area contributed by atoms with E-state index in [1.54, 1.807) is 0 Å². The lowest BCUT2D eigenvalue weighted by Crippen LogP contribution is -1.97. The van der Waals surface area contributed by atoms with Crippen LogP contribution >= 0.6 is 11.3 Å². The van der Waals surface area contributed by atoms with Gasteiger partial charge in [0.1, 0.15) is 4.88 Å². The Morgan fingerprint density at radius 2 is 1.75 bits per heavy atom. The molecule has 0 saturated heterocycles. The van der Waals surface area contributed by atoms with Crippen molar-refractivity contribution in [2.24, 2.45) is 0 Å². The quantitative estimate of drug-likeness (QED) is 0.372. The highest BCUT2D eigenvalue weighted by Crippen LogP contribution is 2.43. The monoisotopic (exact) mass is 337 g/mol. The normalized spacial score (nSPS) is 10.5. The lowest BCUT2D eigenvalue weighted by molar-refractivity contribution is -0.384. The number of benzene rings is 2. The van der Waals surface area contributed by atoms with Gasteiger partial charge in [-0.2, -0.15) is 0 Å². The second kappa shape index (κ2) is 6.76. The number of carbonyl (C=O) groups is 1. The molecule has 3 rings (SSSR count). The highest BCUT2D eigenvalue weighted by molar-refractivity contribution is 7.17. The van der Waals surface area contributed by atoms with Crippen LogP contribution in [0.3, 0.4) is 0 Å². The second-order valence-electron chi connectivity index (χ2n) is 5.47. The second-order valence-corrected chi connectivity index (χ2v) is 6.53. The predicted molar refractivity (Wildman–Crippen MR) is 95.8 cm³/mol. The molecule has 3 aromatic rings. The maximum absolute atomic E-state index is 11.7. The minimum atomic E-state index is -0.371. The molecule has 2 aromatic carbocycles. The molecule has 0 fully saturated rings. The molecular formula is C19H15NO3S.